The van der Waals surface area contributed by atoms with Gasteiger partial charge >= 0.3 is 0 Å². The smallest absolute Gasteiger partial charge is 0.161 e. The van der Waals surface area contributed by atoms with Crippen LogP contribution in [0.25, 0.3) is 67.0 Å². The van der Waals surface area contributed by atoms with Crippen molar-refractivity contribution in [2.45, 2.75) is 52.4 Å². The van der Waals surface area contributed by atoms with E-state index in [0.717, 1.165) is 50.4 Å². The molecule has 0 amide bonds. The first-order valence-corrected chi connectivity index (χ1v) is 15.6. The van der Waals surface area contributed by atoms with Gasteiger partial charge in [-0.1, -0.05) is 108 Å². The molecule has 3 heterocycles. The molecule has 4 heteroatoms. The summed E-state index contributed by atoms with van der Waals surface area (Å²) in [5, 5.41) is 2.36. The molecule has 4 aromatic carbocycles. The maximum atomic E-state index is 5.19. The van der Waals surface area contributed by atoms with Gasteiger partial charge < -0.3 is 4.98 Å². The van der Waals surface area contributed by atoms with E-state index < -0.39 is 0 Å². The van der Waals surface area contributed by atoms with Crippen LogP contribution in [0.2, 0.25) is 0 Å². The van der Waals surface area contributed by atoms with E-state index in [-0.39, 0.29) is 10.8 Å². The highest BCUT2D eigenvalue weighted by molar-refractivity contribution is 6.15. The van der Waals surface area contributed by atoms with Crippen molar-refractivity contribution in [3.8, 4) is 45.2 Å². The molecule has 0 aliphatic heterocycles. The number of hydrogen-bond acceptors (Lipinski definition) is 3. The first kappa shape index (κ1) is 28.7. The monoisotopic (exact) mass is 586 g/mol. The van der Waals surface area contributed by atoms with Crippen LogP contribution in [0.1, 0.15) is 52.7 Å². The Bertz CT molecular complexity index is 2010. The maximum absolute atomic E-state index is 5.19. The van der Waals surface area contributed by atoms with Crippen LogP contribution >= 0.6 is 0 Å². The number of rotatable bonds is 4. The summed E-state index contributed by atoms with van der Waals surface area (Å²) in [5.41, 5.74) is 11.6. The van der Waals surface area contributed by atoms with E-state index in [1.54, 1.807) is 0 Å². The Morgan fingerprint density at radius 3 is 1.58 bits per heavy atom. The lowest BCUT2D eigenvalue weighted by molar-refractivity contribution is 0.590. The summed E-state index contributed by atoms with van der Waals surface area (Å²) in [4.78, 5) is 19.0. The van der Waals surface area contributed by atoms with Gasteiger partial charge in [-0.05, 0) is 64.4 Å². The molecule has 0 radical (unpaired) electrons. The van der Waals surface area contributed by atoms with Crippen molar-refractivity contribution in [2.75, 3.05) is 0 Å². The normalized spacial score (nSPS) is 12.2. The SMILES string of the molecule is CC(C)(C)c1cc(-c2cccc(-c3ccccc3)n2)c2[nH]c3c(-c4nccc(-c5ccccc5)n4)cc(C(C)(C)C)cc3c2c1. The zero-order valence-electron chi connectivity index (χ0n) is 26.8. The van der Waals surface area contributed by atoms with E-state index in [9.17, 15) is 0 Å². The van der Waals surface area contributed by atoms with Crippen molar-refractivity contribution in [3.05, 3.63) is 127 Å². The van der Waals surface area contributed by atoms with Gasteiger partial charge in [-0.2, -0.15) is 0 Å². The van der Waals surface area contributed by atoms with Crippen LogP contribution in [0.5, 0.6) is 0 Å². The molecular formula is C41H38N4. The number of aromatic amines is 1. The van der Waals surface area contributed by atoms with Crippen molar-refractivity contribution < 1.29 is 0 Å². The maximum Gasteiger partial charge on any atom is 0.161 e. The van der Waals surface area contributed by atoms with Gasteiger partial charge in [0.25, 0.3) is 0 Å². The molecule has 0 fully saturated rings. The molecule has 1 N–H and O–H groups in total. The van der Waals surface area contributed by atoms with Gasteiger partial charge in [-0.25, -0.2) is 15.0 Å². The molecule has 0 unspecified atom stereocenters. The van der Waals surface area contributed by atoms with Crippen LogP contribution in [-0.2, 0) is 10.8 Å². The van der Waals surface area contributed by atoms with Crippen LogP contribution in [0, 0.1) is 0 Å². The zero-order chi connectivity index (χ0) is 31.3. The second-order valence-corrected chi connectivity index (χ2v) is 13.9. The third-order valence-electron chi connectivity index (χ3n) is 8.61. The molecule has 7 rings (SSSR count). The van der Waals surface area contributed by atoms with Gasteiger partial charge in [-0.3, -0.25) is 0 Å². The number of nitrogens with one attached hydrogen (secondary N) is 1. The number of fused-ring (bicyclic) bond motifs is 3. The first-order chi connectivity index (χ1) is 21.6. The molecule has 7 aromatic rings. The number of hydrogen-bond donors (Lipinski definition) is 1. The highest BCUT2D eigenvalue weighted by Gasteiger charge is 2.24. The lowest BCUT2D eigenvalue weighted by Gasteiger charge is -2.21. The Labute approximate surface area is 265 Å². The summed E-state index contributed by atoms with van der Waals surface area (Å²) in [6.07, 6.45) is 1.87. The van der Waals surface area contributed by atoms with Crippen molar-refractivity contribution in [1.82, 2.24) is 19.9 Å². The Kier molecular flexibility index (Phi) is 6.89. The van der Waals surface area contributed by atoms with E-state index in [0.29, 0.717) is 5.82 Å². The quantitative estimate of drug-likeness (QED) is 0.223. The van der Waals surface area contributed by atoms with Gasteiger partial charge in [0.15, 0.2) is 5.82 Å². The Morgan fingerprint density at radius 1 is 0.489 bits per heavy atom. The summed E-state index contributed by atoms with van der Waals surface area (Å²) in [6.45, 7) is 13.6. The number of H-pyrrole nitrogens is 1. The topological polar surface area (TPSA) is 54.5 Å². The summed E-state index contributed by atoms with van der Waals surface area (Å²) < 4.78 is 0. The molecule has 0 saturated heterocycles. The fourth-order valence-corrected chi connectivity index (χ4v) is 5.96. The van der Waals surface area contributed by atoms with Crippen molar-refractivity contribution in [2.24, 2.45) is 0 Å². The Balaban J connectivity index is 1.53. The van der Waals surface area contributed by atoms with E-state index in [4.69, 9.17) is 15.0 Å². The Hall–Kier alpha value is -5.09. The molecular weight excluding hydrogens is 548 g/mol. The van der Waals surface area contributed by atoms with Gasteiger partial charge in [0.1, 0.15) is 0 Å². The van der Waals surface area contributed by atoms with Crippen LogP contribution in [0.15, 0.2) is 115 Å². The highest BCUT2D eigenvalue weighted by atomic mass is 14.9. The predicted molar refractivity (Wildman–Crippen MR) is 188 cm³/mol. The average Bonchev–Trinajstić information content (AvgIpc) is 3.43. The van der Waals surface area contributed by atoms with E-state index in [1.807, 2.05) is 36.5 Å². The molecule has 222 valence electrons. The molecule has 0 saturated carbocycles. The van der Waals surface area contributed by atoms with Crippen LogP contribution in [0.3, 0.4) is 0 Å². The van der Waals surface area contributed by atoms with Gasteiger partial charge in [-0.15, -0.1) is 0 Å². The van der Waals surface area contributed by atoms with Crippen LogP contribution < -0.4 is 0 Å². The van der Waals surface area contributed by atoms with Gasteiger partial charge in [0.05, 0.1) is 28.1 Å². The third-order valence-corrected chi connectivity index (χ3v) is 8.61. The molecule has 4 nitrogen and oxygen atoms in total. The second kappa shape index (κ2) is 10.8. The Morgan fingerprint density at radius 2 is 1.00 bits per heavy atom. The van der Waals surface area contributed by atoms with Gasteiger partial charge in [0.2, 0.25) is 0 Å². The lowest BCUT2D eigenvalue weighted by atomic mass is 9.83. The highest BCUT2D eigenvalue weighted by Crippen LogP contribution is 2.42. The molecule has 0 aliphatic rings. The van der Waals surface area contributed by atoms with Crippen molar-refractivity contribution in [1.29, 1.82) is 0 Å². The number of benzene rings is 4. The summed E-state index contributed by atoms with van der Waals surface area (Å²) >= 11 is 0. The van der Waals surface area contributed by atoms with E-state index in [1.165, 1.54) is 21.9 Å². The minimum Gasteiger partial charge on any atom is -0.353 e. The van der Waals surface area contributed by atoms with Crippen LogP contribution in [0.4, 0.5) is 0 Å². The van der Waals surface area contributed by atoms with E-state index in [2.05, 4.69) is 125 Å². The largest absolute Gasteiger partial charge is 0.353 e. The number of nitrogens with zero attached hydrogens (tertiary/aromatic N) is 3. The summed E-state index contributed by atoms with van der Waals surface area (Å²) in [5.74, 6) is 0.709. The predicted octanol–water partition coefficient (Wildman–Crippen LogP) is 10.8. The van der Waals surface area contributed by atoms with Crippen molar-refractivity contribution in [3.63, 3.8) is 0 Å². The number of pyridine rings is 1. The zero-order valence-corrected chi connectivity index (χ0v) is 26.8. The van der Waals surface area contributed by atoms with E-state index >= 15 is 0 Å². The van der Waals surface area contributed by atoms with Crippen molar-refractivity contribution >= 4 is 21.8 Å². The molecule has 45 heavy (non-hydrogen) atoms. The molecule has 0 atom stereocenters. The molecule has 0 bridgehead atoms. The van der Waals surface area contributed by atoms with Gasteiger partial charge in [0, 0.05) is 39.2 Å². The summed E-state index contributed by atoms with van der Waals surface area (Å²) in [7, 11) is 0. The second-order valence-electron chi connectivity index (χ2n) is 13.9. The third kappa shape index (κ3) is 5.42. The fraction of sp³-hybridized carbons (Fsp3) is 0.195. The minimum absolute atomic E-state index is 0.0544. The lowest BCUT2D eigenvalue weighted by Crippen LogP contribution is -2.11. The fourth-order valence-electron chi connectivity index (χ4n) is 5.96. The van der Waals surface area contributed by atoms with Crippen LogP contribution in [-0.4, -0.2) is 19.9 Å². The average molecular weight is 587 g/mol. The molecule has 3 aromatic heterocycles. The summed E-state index contributed by atoms with van der Waals surface area (Å²) in [6, 6.07) is 38.2. The first-order valence-electron chi connectivity index (χ1n) is 15.6. The molecule has 0 aliphatic carbocycles. The minimum atomic E-state index is -0.0698. The molecule has 0 spiro atoms. The number of aromatic nitrogens is 4. The standard InChI is InChI=1S/C41H38N4/c1-40(2,3)28-22-30-31-23-29(41(4,5)6)25-33(39-42-21-20-35(44-39)27-16-11-8-12-17-27)38(31)45-37(30)32(24-28)36-19-13-18-34(43-36)26-14-9-7-10-15-26/h7-25,45H,1-6H3.